The molecule has 2 aromatic carbocycles. The molecule has 142 valence electrons. The Bertz CT molecular complexity index is 982. The highest BCUT2D eigenvalue weighted by Crippen LogP contribution is 2.37. The molecule has 0 aliphatic carbocycles. The number of benzene rings is 2. The molecule has 2 aromatic rings. The van der Waals surface area contributed by atoms with Crippen LogP contribution in [0.5, 0.6) is 5.75 Å². The molecule has 1 N–H and O–H groups in total. The Morgan fingerprint density at radius 1 is 1.04 bits per heavy atom. The molecule has 4 rings (SSSR count). The molecule has 6 nitrogen and oxygen atoms in total. The van der Waals surface area contributed by atoms with Gasteiger partial charge in [-0.1, -0.05) is 30.7 Å². The molecule has 0 amide bonds. The van der Waals surface area contributed by atoms with E-state index in [1.54, 1.807) is 34.5 Å². The first-order chi connectivity index (χ1) is 13.0. The second-order valence-corrected chi connectivity index (χ2v) is 8.83. The predicted molar refractivity (Wildman–Crippen MR) is 105 cm³/mol. The summed E-state index contributed by atoms with van der Waals surface area (Å²) in [5.74, 6) is 0.918. The number of hydrogen-bond acceptors (Lipinski definition) is 4. The van der Waals surface area contributed by atoms with Gasteiger partial charge in [-0.15, -0.1) is 0 Å². The lowest BCUT2D eigenvalue weighted by Gasteiger charge is -2.27. The summed E-state index contributed by atoms with van der Waals surface area (Å²) in [6.45, 7) is 1.65. The number of rotatable bonds is 4. The quantitative estimate of drug-likeness (QED) is 0.877. The Balaban J connectivity index is 1.74. The number of anilines is 1. The van der Waals surface area contributed by atoms with Crippen molar-refractivity contribution >= 4 is 21.5 Å². The van der Waals surface area contributed by atoms with Crippen molar-refractivity contribution < 1.29 is 13.2 Å². The SMILES string of the molecule is COc1ccc(S(=O)(=O)N2CCCCC2)cc1N1Cc2ccccc2C1=N. The molecule has 0 unspecified atom stereocenters. The molecule has 27 heavy (non-hydrogen) atoms. The largest absolute Gasteiger partial charge is 0.495 e. The van der Waals surface area contributed by atoms with E-state index in [1.165, 1.54) is 0 Å². The van der Waals surface area contributed by atoms with Gasteiger partial charge in [-0.3, -0.25) is 5.41 Å². The van der Waals surface area contributed by atoms with Gasteiger partial charge in [0.1, 0.15) is 11.6 Å². The molecule has 7 heteroatoms. The van der Waals surface area contributed by atoms with Crippen LogP contribution in [0.4, 0.5) is 5.69 Å². The van der Waals surface area contributed by atoms with Gasteiger partial charge >= 0.3 is 0 Å². The minimum absolute atomic E-state index is 0.254. The van der Waals surface area contributed by atoms with Gasteiger partial charge in [-0.25, -0.2) is 8.42 Å². The molecule has 1 saturated heterocycles. The van der Waals surface area contributed by atoms with Crippen LogP contribution < -0.4 is 9.64 Å². The molecule has 2 aliphatic heterocycles. The number of sulfonamides is 1. The number of ether oxygens (including phenoxy) is 1. The first kappa shape index (κ1) is 18.0. The predicted octanol–water partition coefficient (Wildman–Crippen LogP) is 3.22. The third-order valence-corrected chi connectivity index (χ3v) is 7.16. The van der Waals surface area contributed by atoms with Crippen molar-refractivity contribution in [2.45, 2.75) is 30.7 Å². The Morgan fingerprint density at radius 3 is 2.48 bits per heavy atom. The fourth-order valence-electron chi connectivity index (χ4n) is 3.79. The summed E-state index contributed by atoms with van der Waals surface area (Å²) < 4.78 is 33.2. The van der Waals surface area contributed by atoms with Crippen molar-refractivity contribution in [2.75, 3.05) is 25.1 Å². The second kappa shape index (κ2) is 6.98. The molecular weight excluding hydrogens is 362 g/mol. The summed E-state index contributed by atoms with van der Waals surface area (Å²) in [6.07, 6.45) is 2.87. The highest BCUT2D eigenvalue weighted by atomic mass is 32.2. The number of amidine groups is 1. The molecule has 2 aliphatic rings. The summed E-state index contributed by atoms with van der Waals surface area (Å²) in [6, 6.07) is 12.7. The topological polar surface area (TPSA) is 73.7 Å². The van der Waals surface area contributed by atoms with Crippen molar-refractivity contribution in [3.05, 3.63) is 53.6 Å². The molecule has 2 heterocycles. The van der Waals surface area contributed by atoms with Crippen LogP contribution in [-0.2, 0) is 16.6 Å². The monoisotopic (exact) mass is 385 g/mol. The Hall–Kier alpha value is -2.38. The molecule has 0 aromatic heterocycles. The lowest BCUT2D eigenvalue weighted by molar-refractivity contribution is 0.346. The van der Waals surface area contributed by atoms with Gasteiger partial charge < -0.3 is 9.64 Å². The Labute approximate surface area is 159 Å². The van der Waals surface area contributed by atoms with Crippen molar-refractivity contribution in [1.82, 2.24) is 4.31 Å². The standard InChI is InChI=1S/C20H23N3O3S/c1-26-19-10-9-16(27(24,25)22-11-5-2-6-12-22)13-18(19)23-14-15-7-3-4-8-17(15)20(23)21/h3-4,7-10,13,21H,2,5-6,11-12,14H2,1H3. The number of hydrogen-bond donors (Lipinski definition) is 1. The van der Waals surface area contributed by atoms with Crippen molar-refractivity contribution in [2.24, 2.45) is 0 Å². The normalized spacial score (nSPS) is 17.8. The Morgan fingerprint density at radius 2 is 1.78 bits per heavy atom. The summed E-state index contributed by atoms with van der Waals surface area (Å²) >= 11 is 0. The average Bonchev–Trinajstić information content (AvgIpc) is 3.05. The maximum Gasteiger partial charge on any atom is 0.243 e. The van der Waals surface area contributed by atoms with Crippen LogP contribution in [0, 0.1) is 5.41 Å². The zero-order valence-corrected chi connectivity index (χ0v) is 16.1. The third-order valence-electron chi connectivity index (χ3n) is 5.26. The van der Waals surface area contributed by atoms with Crippen LogP contribution in [0.1, 0.15) is 30.4 Å². The van der Waals surface area contributed by atoms with E-state index in [1.807, 2.05) is 24.3 Å². The number of piperidine rings is 1. The minimum Gasteiger partial charge on any atom is -0.495 e. The summed E-state index contributed by atoms with van der Waals surface area (Å²) in [5, 5.41) is 8.53. The number of fused-ring (bicyclic) bond motifs is 1. The number of nitrogens with one attached hydrogen (secondary N) is 1. The van der Waals surface area contributed by atoms with E-state index in [0.717, 1.165) is 30.4 Å². The van der Waals surface area contributed by atoms with Gasteiger partial charge in [0, 0.05) is 18.7 Å². The van der Waals surface area contributed by atoms with Crippen LogP contribution in [-0.4, -0.2) is 38.8 Å². The summed E-state index contributed by atoms with van der Waals surface area (Å²) in [7, 11) is -1.98. The first-order valence-electron chi connectivity index (χ1n) is 9.15. The molecule has 1 fully saturated rings. The van der Waals surface area contributed by atoms with E-state index < -0.39 is 10.0 Å². The van der Waals surface area contributed by atoms with Crippen LogP contribution >= 0.6 is 0 Å². The van der Waals surface area contributed by atoms with E-state index >= 15 is 0 Å². The molecule has 0 spiro atoms. The van der Waals surface area contributed by atoms with Gasteiger partial charge in [-0.05, 0) is 36.6 Å². The van der Waals surface area contributed by atoms with Crippen LogP contribution in [0.25, 0.3) is 0 Å². The van der Waals surface area contributed by atoms with Crippen molar-refractivity contribution in [3.63, 3.8) is 0 Å². The fraction of sp³-hybridized carbons (Fsp3) is 0.350. The van der Waals surface area contributed by atoms with E-state index in [2.05, 4.69) is 0 Å². The van der Waals surface area contributed by atoms with Gasteiger partial charge in [0.15, 0.2) is 0 Å². The zero-order valence-electron chi connectivity index (χ0n) is 15.3. The van der Waals surface area contributed by atoms with E-state index in [0.29, 0.717) is 36.9 Å². The number of methoxy groups -OCH3 is 1. The average molecular weight is 385 g/mol. The van der Waals surface area contributed by atoms with Crippen LogP contribution in [0.3, 0.4) is 0 Å². The van der Waals surface area contributed by atoms with Gasteiger partial charge in [0.25, 0.3) is 0 Å². The minimum atomic E-state index is -3.54. The molecular formula is C20H23N3O3S. The maximum absolute atomic E-state index is 13.1. The lowest BCUT2D eigenvalue weighted by Crippen LogP contribution is -2.35. The fourth-order valence-corrected chi connectivity index (χ4v) is 5.32. The second-order valence-electron chi connectivity index (χ2n) is 6.89. The van der Waals surface area contributed by atoms with Gasteiger partial charge in [0.2, 0.25) is 10.0 Å². The molecule has 0 radical (unpaired) electrons. The van der Waals surface area contributed by atoms with E-state index in [9.17, 15) is 8.42 Å². The molecule has 0 atom stereocenters. The summed E-state index contributed by atoms with van der Waals surface area (Å²) in [4.78, 5) is 2.06. The van der Waals surface area contributed by atoms with Gasteiger partial charge in [-0.2, -0.15) is 4.31 Å². The zero-order chi connectivity index (χ0) is 19.0. The third kappa shape index (κ3) is 3.11. The van der Waals surface area contributed by atoms with Crippen molar-refractivity contribution in [3.8, 4) is 5.75 Å². The van der Waals surface area contributed by atoms with Crippen LogP contribution in [0.15, 0.2) is 47.4 Å². The summed E-state index contributed by atoms with van der Waals surface area (Å²) in [5.41, 5.74) is 2.52. The molecule has 0 bridgehead atoms. The maximum atomic E-state index is 13.1. The van der Waals surface area contributed by atoms with Crippen molar-refractivity contribution in [1.29, 1.82) is 5.41 Å². The molecule has 0 saturated carbocycles. The first-order valence-corrected chi connectivity index (χ1v) is 10.6. The van der Waals surface area contributed by atoms with Crippen LogP contribution in [0.2, 0.25) is 0 Å². The smallest absolute Gasteiger partial charge is 0.243 e. The number of nitrogens with zero attached hydrogens (tertiary/aromatic N) is 2. The highest BCUT2D eigenvalue weighted by molar-refractivity contribution is 7.89. The van der Waals surface area contributed by atoms with E-state index in [-0.39, 0.29) is 4.90 Å². The van der Waals surface area contributed by atoms with Gasteiger partial charge in [0.05, 0.1) is 24.2 Å². The Kier molecular flexibility index (Phi) is 4.65. The lowest BCUT2D eigenvalue weighted by atomic mass is 10.1. The highest BCUT2D eigenvalue weighted by Gasteiger charge is 2.30. The van der Waals surface area contributed by atoms with E-state index in [4.69, 9.17) is 10.1 Å².